The smallest absolute Gasteiger partial charge is 0.330 e. The minimum atomic E-state index is -4.09. The highest BCUT2D eigenvalue weighted by molar-refractivity contribution is 4.70. The van der Waals surface area contributed by atoms with Gasteiger partial charge in [-0.15, -0.1) is 0 Å². The van der Waals surface area contributed by atoms with E-state index in [-0.39, 0.29) is 19.3 Å². The van der Waals surface area contributed by atoms with Gasteiger partial charge in [-0.3, -0.25) is 0 Å². The van der Waals surface area contributed by atoms with Gasteiger partial charge in [0.25, 0.3) is 0 Å². The minimum Gasteiger partial charge on any atom is -0.383 e. The van der Waals surface area contributed by atoms with Crippen LogP contribution in [-0.2, 0) is 9.47 Å². The van der Waals surface area contributed by atoms with Crippen molar-refractivity contribution in [3.63, 3.8) is 0 Å². The Hall–Kier alpha value is -0.400. The Balaban J connectivity index is 3.88. The molecule has 1 unspecified atom stereocenters. The van der Waals surface area contributed by atoms with Crippen molar-refractivity contribution >= 4 is 0 Å². The Labute approximate surface area is 98.5 Å². The fourth-order valence-corrected chi connectivity index (χ4v) is 1.12. The van der Waals surface area contributed by atoms with Gasteiger partial charge in [0.15, 0.2) is 0 Å². The predicted molar refractivity (Wildman–Crippen MR) is 55.7 cm³/mol. The Bertz CT molecular complexity index is 193. The van der Waals surface area contributed by atoms with Crippen molar-refractivity contribution in [3.8, 4) is 0 Å². The summed E-state index contributed by atoms with van der Waals surface area (Å²) in [6, 6.07) is -0.270. The summed E-state index contributed by atoms with van der Waals surface area (Å²) in [6.07, 6.45) is -2.83. The standard InChI is InChI=1S/C10H19F4NO2/c1-3-4-15-8(5-16-2)6-17-7-10(13,14)9(11)12/h8-9,15H,3-7H2,1-2H3. The first-order valence-corrected chi connectivity index (χ1v) is 5.40. The molecule has 0 aliphatic rings. The average molecular weight is 261 g/mol. The lowest BCUT2D eigenvalue weighted by atomic mass is 10.3. The fraction of sp³-hybridized carbons (Fsp3) is 1.00. The molecule has 0 bridgehead atoms. The van der Waals surface area contributed by atoms with Gasteiger partial charge in [0.2, 0.25) is 0 Å². The fourth-order valence-electron chi connectivity index (χ4n) is 1.12. The summed E-state index contributed by atoms with van der Waals surface area (Å²) in [7, 11) is 1.47. The third kappa shape index (κ3) is 7.51. The summed E-state index contributed by atoms with van der Waals surface area (Å²) in [6.45, 7) is 1.54. The quantitative estimate of drug-likeness (QED) is 0.609. The van der Waals surface area contributed by atoms with Crippen LogP contribution in [-0.4, -0.2) is 51.9 Å². The molecule has 0 heterocycles. The molecule has 0 aromatic heterocycles. The lowest BCUT2D eigenvalue weighted by Crippen LogP contribution is -2.40. The number of alkyl halides is 4. The normalized spacial score (nSPS) is 14.3. The van der Waals surface area contributed by atoms with E-state index in [2.05, 4.69) is 10.1 Å². The minimum absolute atomic E-state index is 0.0872. The zero-order chi connectivity index (χ0) is 13.3. The first-order chi connectivity index (χ1) is 7.94. The van der Waals surface area contributed by atoms with Crippen LogP contribution in [0, 0.1) is 0 Å². The summed E-state index contributed by atoms with van der Waals surface area (Å²) in [4.78, 5) is 0. The summed E-state index contributed by atoms with van der Waals surface area (Å²) in [5.74, 6) is -4.09. The summed E-state index contributed by atoms with van der Waals surface area (Å²) in [5.41, 5.74) is 0. The van der Waals surface area contributed by atoms with Gasteiger partial charge in [-0.05, 0) is 13.0 Å². The van der Waals surface area contributed by atoms with Crippen LogP contribution in [0.3, 0.4) is 0 Å². The number of ether oxygens (including phenoxy) is 2. The molecule has 104 valence electrons. The SMILES string of the molecule is CCCNC(COC)COCC(F)(F)C(F)F. The second kappa shape index (κ2) is 8.66. The van der Waals surface area contributed by atoms with E-state index in [0.717, 1.165) is 6.42 Å². The molecular weight excluding hydrogens is 242 g/mol. The third-order valence-corrected chi connectivity index (χ3v) is 1.98. The van der Waals surface area contributed by atoms with Gasteiger partial charge < -0.3 is 14.8 Å². The maximum absolute atomic E-state index is 12.5. The number of nitrogens with one attached hydrogen (secondary N) is 1. The van der Waals surface area contributed by atoms with Gasteiger partial charge in [0.05, 0.1) is 19.3 Å². The number of methoxy groups -OCH3 is 1. The summed E-state index contributed by atoms with van der Waals surface area (Å²) < 4.78 is 58.1. The van der Waals surface area contributed by atoms with Crippen LogP contribution in [0.2, 0.25) is 0 Å². The van der Waals surface area contributed by atoms with Crippen LogP contribution in [0.4, 0.5) is 17.6 Å². The van der Waals surface area contributed by atoms with Crippen molar-refractivity contribution in [2.24, 2.45) is 0 Å². The molecule has 0 aliphatic carbocycles. The Morgan fingerprint density at radius 3 is 2.35 bits per heavy atom. The van der Waals surface area contributed by atoms with Gasteiger partial charge in [-0.2, -0.15) is 8.78 Å². The van der Waals surface area contributed by atoms with Crippen LogP contribution in [0.15, 0.2) is 0 Å². The maximum atomic E-state index is 12.5. The van der Waals surface area contributed by atoms with Gasteiger partial charge in [-0.1, -0.05) is 6.92 Å². The van der Waals surface area contributed by atoms with E-state index in [0.29, 0.717) is 6.54 Å². The van der Waals surface area contributed by atoms with Gasteiger partial charge in [0, 0.05) is 7.11 Å². The van der Waals surface area contributed by atoms with Gasteiger partial charge in [0.1, 0.15) is 6.61 Å². The summed E-state index contributed by atoms with van der Waals surface area (Å²) in [5, 5.41) is 3.00. The predicted octanol–water partition coefficient (Wildman–Crippen LogP) is 1.92. The average Bonchev–Trinajstić information content (AvgIpc) is 2.25. The third-order valence-electron chi connectivity index (χ3n) is 1.98. The van der Waals surface area contributed by atoms with Crippen molar-refractivity contribution < 1.29 is 27.0 Å². The van der Waals surface area contributed by atoms with Crippen molar-refractivity contribution in [2.45, 2.75) is 31.7 Å². The highest BCUT2D eigenvalue weighted by Crippen LogP contribution is 2.22. The highest BCUT2D eigenvalue weighted by Gasteiger charge is 2.41. The van der Waals surface area contributed by atoms with E-state index in [1.807, 2.05) is 6.92 Å². The van der Waals surface area contributed by atoms with E-state index in [1.54, 1.807) is 0 Å². The molecule has 0 aromatic carbocycles. The molecule has 0 fully saturated rings. The van der Waals surface area contributed by atoms with Crippen molar-refractivity contribution in [3.05, 3.63) is 0 Å². The first-order valence-electron chi connectivity index (χ1n) is 5.40. The highest BCUT2D eigenvalue weighted by atomic mass is 19.3. The Morgan fingerprint density at radius 1 is 1.24 bits per heavy atom. The molecule has 1 atom stereocenters. The maximum Gasteiger partial charge on any atom is 0.330 e. The van der Waals surface area contributed by atoms with Crippen LogP contribution >= 0.6 is 0 Å². The van der Waals surface area contributed by atoms with Crippen molar-refractivity contribution in [2.75, 3.05) is 33.5 Å². The monoisotopic (exact) mass is 261 g/mol. The van der Waals surface area contributed by atoms with E-state index in [1.165, 1.54) is 7.11 Å². The largest absolute Gasteiger partial charge is 0.383 e. The van der Waals surface area contributed by atoms with Gasteiger partial charge in [-0.25, -0.2) is 8.78 Å². The van der Waals surface area contributed by atoms with Crippen LogP contribution in [0.1, 0.15) is 13.3 Å². The number of hydrogen-bond acceptors (Lipinski definition) is 3. The lowest BCUT2D eigenvalue weighted by Gasteiger charge is -2.20. The molecule has 17 heavy (non-hydrogen) atoms. The van der Waals surface area contributed by atoms with Crippen molar-refractivity contribution in [1.29, 1.82) is 0 Å². The molecule has 7 heteroatoms. The molecule has 0 rings (SSSR count). The second-order valence-corrected chi connectivity index (χ2v) is 3.68. The van der Waals surface area contributed by atoms with Crippen LogP contribution in [0.5, 0.6) is 0 Å². The van der Waals surface area contributed by atoms with Crippen molar-refractivity contribution in [1.82, 2.24) is 5.32 Å². The Morgan fingerprint density at radius 2 is 1.88 bits per heavy atom. The molecule has 0 saturated carbocycles. The molecule has 1 N–H and O–H groups in total. The molecular formula is C10H19F4NO2. The molecule has 0 radical (unpaired) electrons. The summed E-state index contributed by atoms with van der Waals surface area (Å²) >= 11 is 0. The van der Waals surface area contributed by atoms with Gasteiger partial charge >= 0.3 is 12.3 Å². The molecule has 0 spiro atoms. The van der Waals surface area contributed by atoms with Crippen LogP contribution < -0.4 is 5.32 Å². The van der Waals surface area contributed by atoms with E-state index >= 15 is 0 Å². The number of hydrogen-bond donors (Lipinski definition) is 1. The molecule has 0 saturated heterocycles. The van der Waals surface area contributed by atoms with E-state index in [4.69, 9.17) is 4.74 Å². The molecule has 3 nitrogen and oxygen atoms in total. The first kappa shape index (κ1) is 16.6. The molecule has 0 aromatic rings. The Kier molecular flexibility index (Phi) is 8.45. The number of rotatable bonds is 10. The lowest BCUT2D eigenvalue weighted by molar-refractivity contribution is -0.167. The molecule has 0 aliphatic heterocycles. The zero-order valence-corrected chi connectivity index (χ0v) is 10.0. The molecule has 0 amide bonds. The van der Waals surface area contributed by atoms with E-state index in [9.17, 15) is 17.6 Å². The second-order valence-electron chi connectivity index (χ2n) is 3.68. The number of halogens is 4. The van der Waals surface area contributed by atoms with E-state index < -0.39 is 19.0 Å². The zero-order valence-electron chi connectivity index (χ0n) is 10.0. The van der Waals surface area contributed by atoms with Crippen LogP contribution in [0.25, 0.3) is 0 Å². The topological polar surface area (TPSA) is 30.5 Å².